The maximum atomic E-state index is 12.0. The Labute approximate surface area is 161 Å². The van der Waals surface area contributed by atoms with Crippen LogP contribution in [0.15, 0.2) is 18.2 Å². The minimum absolute atomic E-state index is 0.0778. The van der Waals surface area contributed by atoms with E-state index < -0.39 is 18.5 Å². The van der Waals surface area contributed by atoms with Crippen molar-refractivity contribution in [2.24, 2.45) is 0 Å². The summed E-state index contributed by atoms with van der Waals surface area (Å²) in [7, 11) is 0. The van der Waals surface area contributed by atoms with Crippen LogP contribution >= 0.6 is 23.2 Å². The lowest BCUT2D eigenvalue weighted by atomic mass is 10.1. The number of halogens is 2. The van der Waals surface area contributed by atoms with Crippen LogP contribution in [-0.2, 0) is 14.3 Å². The average Bonchev–Trinajstić information content (AvgIpc) is 2.60. The number of carbonyl (C=O) groups excluding carboxylic acids is 3. The Morgan fingerprint density at radius 3 is 2.50 bits per heavy atom. The first-order valence-electron chi connectivity index (χ1n) is 8.24. The van der Waals surface area contributed by atoms with Crippen molar-refractivity contribution in [1.29, 1.82) is 0 Å². The number of nitrogens with zero attached hydrogens (tertiary/aromatic N) is 1. The molecule has 0 radical (unpaired) electrons. The van der Waals surface area contributed by atoms with Gasteiger partial charge in [0.2, 0.25) is 0 Å². The van der Waals surface area contributed by atoms with Crippen LogP contribution in [-0.4, -0.2) is 55.2 Å². The first-order chi connectivity index (χ1) is 12.4. The standard InChI is InChI=1S/C17H20Cl2N2O5/c1-2-25-17(24)21-7-5-12(6-8-21)20-15(22)10-26-16(23)13-4-3-11(18)9-14(13)19/h3-4,9,12H,2,5-8,10H2,1H3,(H,20,22). The molecule has 2 amide bonds. The molecule has 1 fully saturated rings. The number of benzene rings is 1. The van der Waals surface area contributed by atoms with E-state index >= 15 is 0 Å². The Morgan fingerprint density at radius 2 is 1.88 bits per heavy atom. The second-order valence-corrected chi connectivity index (χ2v) is 6.57. The second kappa shape index (κ2) is 9.64. The molecule has 1 aromatic carbocycles. The van der Waals surface area contributed by atoms with Gasteiger partial charge in [0.1, 0.15) is 0 Å². The molecule has 26 heavy (non-hydrogen) atoms. The van der Waals surface area contributed by atoms with Crippen molar-refractivity contribution >= 4 is 41.2 Å². The zero-order valence-corrected chi connectivity index (χ0v) is 15.8. The molecule has 7 nitrogen and oxygen atoms in total. The molecule has 9 heteroatoms. The Kier molecular flexibility index (Phi) is 7.53. The fraction of sp³-hybridized carbons (Fsp3) is 0.471. The van der Waals surface area contributed by atoms with Gasteiger partial charge >= 0.3 is 12.1 Å². The lowest BCUT2D eigenvalue weighted by Crippen LogP contribution is -2.47. The summed E-state index contributed by atoms with van der Waals surface area (Å²) in [5.74, 6) is -1.10. The van der Waals surface area contributed by atoms with Gasteiger partial charge in [-0.2, -0.15) is 0 Å². The molecule has 0 aliphatic carbocycles. The highest BCUT2D eigenvalue weighted by Crippen LogP contribution is 2.21. The van der Waals surface area contributed by atoms with E-state index in [1.165, 1.54) is 18.2 Å². The van der Waals surface area contributed by atoms with Gasteiger partial charge in [0, 0.05) is 24.2 Å². The van der Waals surface area contributed by atoms with Gasteiger partial charge in [-0.3, -0.25) is 4.79 Å². The lowest BCUT2D eigenvalue weighted by molar-refractivity contribution is -0.125. The number of piperidine rings is 1. The molecular formula is C17H20Cl2N2O5. The third-order valence-corrected chi connectivity index (χ3v) is 4.42. The zero-order valence-electron chi connectivity index (χ0n) is 14.3. The quantitative estimate of drug-likeness (QED) is 0.765. The van der Waals surface area contributed by atoms with Gasteiger partial charge in [-0.25, -0.2) is 9.59 Å². The lowest BCUT2D eigenvalue weighted by Gasteiger charge is -2.31. The molecule has 142 valence electrons. The molecule has 0 unspecified atom stereocenters. The van der Waals surface area contributed by atoms with Crippen molar-refractivity contribution in [3.8, 4) is 0 Å². The molecule has 0 saturated carbocycles. The van der Waals surface area contributed by atoms with E-state index in [4.69, 9.17) is 32.7 Å². The van der Waals surface area contributed by atoms with Crippen LogP contribution < -0.4 is 5.32 Å². The van der Waals surface area contributed by atoms with Crippen molar-refractivity contribution in [1.82, 2.24) is 10.2 Å². The summed E-state index contributed by atoms with van der Waals surface area (Å²) < 4.78 is 9.93. The first kappa shape index (κ1) is 20.3. The number of nitrogens with one attached hydrogen (secondary N) is 1. The maximum Gasteiger partial charge on any atom is 0.409 e. The number of hydrogen-bond acceptors (Lipinski definition) is 5. The molecule has 0 bridgehead atoms. The van der Waals surface area contributed by atoms with Gasteiger partial charge in [-0.1, -0.05) is 23.2 Å². The van der Waals surface area contributed by atoms with E-state index in [0.717, 1.165) is 0 Å². The number of hydrogen-bond donors (Lipinski definition) is 1. The summed E-state index contributed by atoms with van der Waals surface area (Å²) >= 11 is 11.7. The van der Waals surface area contributed by atoms with Gasteiger partial charge in [0.05, 0.1) is 17.2 Å². The van der Waals surface area contributed by atoms with E-state index in [0.29, 0.717) is 37.6 Å². The van der Waals surface area contributed by atoms with Crippen LogP contribution in [0.3, 0.4) is 0 Å². The number of esters is 1. The van der Waals surface area contributed by atoms with Crippen LogP contribution in [0, 0.1) is 0 Å². The highest BCUT2D eigenvalue weighted by molar-refractivity contribution is 6.36. The second-order valence-electron chi connectivity index (χ2n) is 5.73. The molecule has 1 aromatic rings. The number of ether oxygens (including phenoxy) is 2. The summed E-state index contributed by atoms with van der Waals surface area (Å²) in [4.78, 5) is 37.2. The van der Waals surface area contributed by atoms with E-state index in [1.807, 2.05) is 0 Å². The zero-order chi connectivity index (χ0) is 19.1. The normalized spacial score (nSPS) is 14.7. The van der Waals surface area contributed by atoms with Crippen molar-refractivity contribution in [2.75, 3.05) is 26.3 Å². The molecule has 1 heterocycles. The molecule has 0 atom stereocenters. The molecular weight excluding hydrogens is 383 g/mol. The molecule has 1 N–H and O–H groups in total. The fourth-order valence-electron chi connectivity index (χ4n) is 2.55. The summed E-state index contributed by atoms with van der Waals surface area (Å²) in [6.07, 6.45) is 0.884. The Bertz CT molecular complexity index is 675. The van der Waals surface area contributed by atoms with E-state index in [9.17, 15) is 14.4 Å². The number of likely N-dealkylation sites (tertiary alicyclic amines) is 1. The third kappa shape index (κ3) is 5.78. The van der Waals surface area contributed by atoms with Gasteiger partial charge in [0.15, 0.2) is 6.61 Å². The van der Waals surface area contributed by atoms with E-state index in [1.54, 1.807) is 11.8 Å². The van der Waals surface area contributed by atoms with Crippen molar-refractivity contribution < 1.29 is 23.9 Å². The average molecular weight is 403 g/mol. The summed E-state index contributed by atoms with van der Waals surface area (Å²) in [6.45, 7) is 2.69. The molecule has 1 aliphatic rings. The first-order valence-corrected chi connectivity index (χ1v) is 8.99. The molecule has 0 aromatic heterocycles. The van der Waals surface area contributed by atoms with E-state index in [-0.39, 0.29) is 22.7 Å². The van der Waals surface area contributed by atoms with Crippen molar-refractivity contribution in [2.45, 2.75) is 25.8 Å². The number of amides is 2. The Morgan fingerprint density at radius 1 is 1.19 bits per heavy atom. The van der Waals surface area contributed by atoms with Gasteiger partial charge in [0.25, 0.3) is 5.91 Å². The minimum Gasteiger partial charge on any atom is -0.452 e. The molecule has 0 spiro atoms. The van der Waals surface area contributed by atoms with Crippen LogP contribution in [0.5, 0.6) is 0 Å². The predicted molar refractivity (Wildman–Crippen MR) is 96.5 cm³/mol. The highest BCUT2D eigenvalue weighted by Gasteiger charge is 2.25. The van der Waals surface area contributed by atoms with Gasteiger partial charge in [-0.05, 0) is 38.0 Å². The van der Waals surface area contributed by atoms with Crippen molar-refractivity contribution in [3.05, 3.63) is 33.8 Å². The van der Waals surface area contributed by atoms with Gasteiger partial charge in [-0.15, -0.1) is 0 Å². The Balaban J connectivity index is 1.74. The summed E-state index contributed by atoms with van der Waals surface area (Å²) in [5.41, 5.74) is 0.145. The maximum absolute atomic E-state index is 12.0. The summed E-state index contributed by atoms with van der Waals surface area (Å²) in [5, 5.41) is 3.35. The SMILES string of the molecule is CCOC(=O)N1CCC(NC(=O)COC(=O)c2ccc(Cl)cc2Cl)CC1. The smallest absolute Gasteiger partial charge is 0.409 e. The monoisotopic (exact) mass is 402 g/mol. The van der Waals surface area contributed by atoms with E-state index in [2.05, 4.69) is 5.32 Å². The largest absolute Gasteiger partial charge is 0.452 e. The third-order valence-electron chi connectivity index (χ3n) is 3.87. The molecule has 2 rings (SSSR count). The topological polar surface area (TPSA) is 84.9 Å². The Hall–Kier alpha value is -1.99. The van der Waals surface area contributed by atoms with Crippen LogP contribution in [0.4, 0.5) is 4.79 Å². The minimum atomic E-state index is -0.695. The summed E-state index contributed by atoms with van der Waals surface area (Å²) in [6, 6.07) is 4.31. The van der Waals surface area contributed by atoms with Crippen molar-refractivity contribution in [3.63, 3.8) is 0 Å². The van der Waals surface area contributed by atoms with Gasteiger partial charge < -0.3 is 19.7 Å². The highest BCUT2D eigenvalue weighted by atomic mass is 35.5. The number of rotatable bonds is 5. The van der Waals surface area contributed by atoms with Crippen LogP contribution in [0.1, 0.15) is 30.1 Å². The molecule has 1 aliphatic heterocycles. The predicted octanol–water partition coefficient (Wildman–Crippen LogP) is 2.89. The fourth-order valence-corrected chi connectivity index (χ4v) is 3.04. The van der Waals surface area contributed by atoms with Crippen LogP contribution in [0.25, 0.3) is 0 Å². The molecule has 1 saturated heterocycles. The number of carbonyl (C=O) groups is 3. The van der Waals surface area contributed by atoms with Crippen LogP contribution in [0.2, 0.25) is 10.0 Å².